The van der Waals surface area contributed by atoms with Crippen molar-refractivity contribution in [3.05, 3.63) is 29.3 Å². The fraction of sp³-hybridized carbons (Fsp3) is 0.600. The van der Waals surface area contributed by atoms with Gasteiger partial charge in [-0.3, -0.25) is 0 Å². The zero-order valence-corrected chi connectivity index (χ0v) is 10.5. The molecule has 1 saturated carbocycles. The minimum Gasteiger partial charge on any atom is -0.490 e. The first kappa shape index (κ1) is 11.1. The van der Waals surface area contributed by atoms with E-state index in [9.17, 15) is 0 Å². The lowest BCUT2D eigenvalue weighted by atomic mass is 9.89. The van der Waals surface area contributed by atoms with Gasteiger partial charge in [0.2, 0.25) is 0 Å². The van der Waals surface area contributed by atoms with E-state index in [2.05, 4.69) is 30.4 Å². The standard InChI is InChI=1S/C15H21NO/c1-2-16-13-9-15(10-13)17-14-7-6-11-4-3-5-12(11)8-14/h6-8,13,15-16H,2-5,9-10H2,1H3. The van der Waals surface area contributed by atoms with Crippen LogP contribution in [0.3, 0.4) is 0 Å². The molecular weight excluding hydrogens is 210 g/mol. The summed E-state index contributed by atoms with van der Waals surface area (Å²) in [7, 11) is 0. The first-order chi connectivity index (χ1) is 8.35. The summed E-state index contributed by atoms with van der Waals surface area (Å²) in [4.78, 5) is 0. The van der Waals surface area contributed by atoms with E-state index >= 15 is 0 Å². The summed E-state index contributed by atoms with van der Waals surface area (Å²) in [6.07, 6.45) is 6.54. The molecule has 1 aromatic carbocycles. The van der Waals surface area contributed by atoms with Crippen molar-refractivity contribution in [1.82, 2.24) is 5.32 Å². The lowest BCUT2D eigenvalue weighted by Gasteiger charge is -2.35. The Hall–Kier alpha value is -1.02. The van der Waals surface area contributed by atoms with E-state index in [0.29, 0.717) is 12.1 Å². The molecule has 1 aromatic rings. The molecule has 3 rings (SSSR count). The van der Waals surface area contributed by atoms with Crippen molar-refractivity contribution < 1.29 is 4.74 Å². The van der Waals surface area contributed by atoms with Gasteiger partial charge in [-0.25, -0.2) is 0 Å². The van der Waals surface area contributed by atoms with Crippen molar-refractivity contribution in [3.63, 3.8) is 0 Å². The Morgan fingerprint density at radius 2 is 2.06 bits per heavy atom. The Morgan fingerprint density at radius 1 is 1.24 bits per heavy atom. The number of rotatable bonds is 4. The number of hydrogen-bond donors (Lipinski definition) is 1. The maximum absolute atomic E-state index is 6.01. The maximum Gasteiger partial charge on any atom is 0.120 e. The van der Waals surface area contributed by atoms with Crippen molar-refractivity contribution in [1.29, 1.82) is 0 Å². The van der Waals surface area contributed by atoms with Gasteiger partial charge in [0, 0.05) is 6.04 Å². The van der Waals surface area contributed by atoms with E-state index in [1.807, 2.05) is 0 Å². The summed E-state index contributed by atoms with van der Waals surface area (Å²) in [5.74, 6) is 1.07. The number of aryl methyl sites for hydroxylation is 2. The highest BCUT2D eigenvalue weighted by Crippen LogP contribution is 2.30. The highest BCUT2D eigenvalue weighted by Gasteiger charge is 2.30. The number of hydrogen-bond acceptors (Lipinski definition) is 2. The molecule has 0 radical (unpaired) electrons. The molecule has 0 aromatic heterocycles. The van der Waals surface area contributed by atoms with Crippen LogP contribution in [0, 0.1) is 0 Å². The van der Waals surface area contributed by atoms with E-state index in [4.69, 9.17) is 4.74 Å². The fourth-order valence-corrected chi connectivity index (χ4v) is 2.93. The summed E-state index contributed by atoms with van der Waals surface area (Å²) in [5.41, 5.74) is 3.03. The highest BCUT2D eigenvalue weighted by atomic mass is 16.5. The molecular formula is C15H21NO. The minimum absolute atomic E-state index is 0.429. The fourth-order valence-electron chi connectivity index (χ4n) is 2.93. The minimum atomic E-state index is 0.429. The lowest BCUT2D eigenvalue weighted by Crippen LogP contribution is -2.46. The van der Waals surface area contributed by atoms with Crippen LogP contribution in [-0.4, -0.2) is 18.7 Å². The SMILES string of the molecule is CCNC1CC(Oc2ccc3c(c2)CCC3)C1. The van der Waals surface area contributed by atoms with Crippen molar-refractivity contribution in [2.75, 3.05) is 6.54 Å². The Bertz CT molecular complexity index is 396. The van der Waals surface area contributed by atoms with Gasteiger partial charge in [0.05, 0.1) is 0 Å². The number of ether oxygens (including phenoxy) is 1. The Balaban J connectivity index is 1.56. The van der Waals surface area contributed by atoms with E-state index in [-0.39, 0.29) is 0 Å². The van der Waals surface area contributed by atoms with Crippen LogP contribution in [0.5, 0.6) is 5.75 Å². The van der Waals surface area contributed by atoms with Gasteiger partial charge in [-0.2, -0.15) is 0 Å². The third-order valence-electron chi connectivity index (χ3n) is 3.96. The molecule has 0 spiro atoms. The van der Waals surface area contributed by atoms with E-state index in [1.54, 1.807) is 0 Å². The van der Waals surface area contributed by atoms with Crippen LogP contribution in [0.4, 0.5) is 0 Å². The monoisotopic (exact) mass is 231 g/mol. The largest absolute Gasteiger partial charge is 0.490 e. The second kappa shape index (κ2) is 4.69. The van der Waals surface area contributed by atoms with Gasteiger partial charge in [0.25, 0.3) is 0 Å². The molecule has 17 heavy (non-hydrogen) atoms. The first-order valence-corrected chi connectivity index (χ1v) is 6.87. The average Bonchev–Trinajstić information content (AvgIpc) is 2.73. The topological polar surface area (TPSA) is 21.3 Å². The van der Waals surface area contributed by atoms with Crippen molar-refractivity contribution >= 4 is 0 Å². The van der Waals surface area contributed by atoms with Gasteiger partial charge in [-0.1, -0.05) is 13.0 Å². The number of nitrogens with one attached hydrogen (secondary N) is 1. The Kier molecular flexibility index (Phi) is 3.06. The quantitative estimate of drug-likeness (QED) is 0.860. The van der Waals surface area contributed by atoms with Crippen LogP contribution in [0.1, 0.15) is 37.3 Å². The summed E-state index contributed by atoms with van der Waals surface area (Å²) in [6.45, 7) is 3.23. The van der Waals surface area contributed by atoms with E-state index in [0.717, 1.165) is 25.1 Å². The molecule has 2 nitrogen and oxygen atoms in total. The molecule has 0 bridgehead atoms. The normalized spacial score (nSPS) is 26.4. The van der Waals surface area contributed by atoms with Gasteiger partial charge in [-0.05, 0) is 61.9 Å². The average molecular weight is 231 g/mol. The molecule has 0 atom stereocenters. The zero-order valence-electron chi connectivity index (χ0n) is 10.5. The molecule has 1 fully saturated rings. The van der Waals surface area contributed by atoms with Crippen molar-refractivity contribution in [2.45, 2.75) is 51.2 Å². The van der Waals surface area contributed by atoms with Gasteiger partial charge in [0.15, 0.2) is 0 Å². The summed E-state index contributed by atoms with van der Waals surface area (Å²) >= 11 is 0. The highest BCUT2D eigenvalue weighted by molar-refractivity contribution is 5.38. The Labute approximate surface area is 103 Å². The molecule has 2 heteroatoms. The molecule has 0 unspecified atom stereocenters. The van der Waals surface area contributed by atoms with Crippen molar-refractivity contribution in [3.8, 4) is 5.75 Å². The molecule has 0 amide bonds. The molecule has 92 valence electrons. The predicted octanol–water partition coefficient (Wildman–Crippen LogP) is 2.69. The van der Waals surface area contributed by atoms with Crippen LogP contribution in [0.25, 0.3) is 0 Å². The molecule has 2 aliphatic rings. The van der Waals surface area contributed by atoms with Crippen LogP contribution in [0.15, 0.2) is 18.2 Å². The third kappa shape index (κ3) is 2.32. The van der Waals surface area contributed by atoms with Crippen molar-refractivity contribution in [2.24, 2.45) is 0 Å². The summed E-state index contributed by atoms with van der Waals surface area (Å²) < 4.78 is 6.01. The van der Waals surface area contributed by atoms with E-state index in [1.165, 1.54) is 30.4 Å². The first-order valence-electron chi connectivity index (χ1n) is 6.87. The molecule has 2 aliphatic carbocycles. The second-order valence-corrected chi connectivity index (χ2v) is 5.25. The maximum atomic E-state index is 6.01. The Morgan fingerprint density at radius 3 is 2.88 bits per heavy atom. The lowest BCUT2D eigenvalue weighted by molar-refractivity contribution is 0.0859. The van der Waals surface area contributed by atoms with Gasteiger partial charge < -0.3 is 10.1 Å². The van der Waals surface area contributed by atoms with E-state index < -0.39 is 0 Å². The van der Waals surface area contributed by atoms with Crippen LogP contribution in [-0.2, 0) is 12.8 Å². The van der Waals surface area contributed by atoms with Crippen LogP contribution in [0.2, 0.25) is 0 Å². The molecule has 0 saturated heterocycles. The molecule has 1 N–H and O–H groups in total. The number of fused-ring (bicyclic) bond motifs is 1. The number of benzene rings is 1. The predicted molar refractivity (Wildman–Crippen MR) is 69.6 cm³/mol. The van der Waals surface area contributed by atoms with Crippen LogP contribution >= 0.6 is 0 Å². The third-order valence-corrected chi connectivity index (χ3v) is 3.96. The zero-order chi connectivity index (χ0) is 11.7. The van der Waals surface area contributed by atoms with Gasteiger partial charge in [-0.15, -0.1) is 0 Å². The van der Waals surface area contributed by atoms with Gasteiger partial charge in [0.1, 0.15) is 11.9 Å². The van der Waals surface area contributed by atoms with Crippen LogP contribution < -0.4 is 10.1 Å². The molecule has 0 aliphatic heterocycles. The second-order valence-electron chi connectivity index (χ2n) is 5.25. The molecule has 0 heterocycles. The van der Waals surface area contributed by atoms with Gasteiger partial charge >= 0.3 is 0 Å². The smallest absolute Gasteiger partial charge is 0.120 e. The summed E-state index contributed by atoms with van der Waals surface area (Å²) in [5, 5.41) is 3.46. The summed E-state index contributed by atoms with van der Waals surface area (Å²) in [6, 6.07) is 7.32.